The van der Waals surface area contributed by atoms with Crippen LogP contribution >= 0.6 is 11.8 Å². The molecule has 0 saturated carbocycles. The first-order valence-corrected chi connectivity index (χ1v) is 6.63. The lowest BCUT2D eigenvalue weighted by Crippen LogP contribution is -2.40. The Morgan fingerprint density at radius 1 is 1.10 bits per heavy atom. The van der Waals surface area contributed by atoms with Gasteiger partial charge in [0.1, 0.15) is 5.92 Å². The van der Waals surface area contributed by atoms with Crippen LogP contribution < -0.4 is 0 Å². The highest BCUT2D eigenvalue weighted by molar-refractivity contribution is 7.98. The van der Waals surface area contributed by atoms with E-state index in [1.54, 1.807) is 6.26 Å². The smallest absolute Gasteiger partial charge is 0.333 e. The SMILES string of the molecule is CSCC(OC(O)C(=O)C(CC(=O)O)C(=O)O)C(=O)O. The minimum Gasteiger partial charge on any atom is -0.481 e. The Bertz CT molecular complexity index is 394. The van der Waals surface area contributed by atoms with Crippen molar-refractivity contribution in [1.29, 1.82) is 0 Å². The van der Waals surface area contributed by atoms with E-state index < -0.39 is 48.4 Å². The van der Waals surface area contributed by atoms with Gasteiger partial charge in [-0.1, -0.05) is 0 Å². The van der Waals surface area contributed by atoms with Gasteiger partial charge in [-0.05, 0) is 6.26 Å². The lowest BCUT2D eigenvalue weighted by atomic mass is 10.00. The van der Waals surface area contributed by atoms with Gasteiger partial charge in [0.2, 0.25) is 12.1 Å². The summed E-state index contributed by atoms with van der Waals surface area (Å²) in [5, 5.41) is 35.4. The second kappa shape index (κ2) is 8.51. The minimum atomic E-state index is -2.32. The first kappa shape index (κ1) is 18.4. The monoisotopic (exact) mass is 310 g/mol. The van der Waals surface area contributed by atoms with Gasteiger partial charge in [-0.3, -0.25) is 14.4 Å². The summed E-state index contributed by atoms with van der Waals surface area (Å²) in [7, 11) is 0. The van der Waals surface area contributed by atoms with Gasteiger partial charge in [0, 0.05) is 5.75 Å². The van der Waals surface area contributed by atoms with Gasteiger partial charge >= 0.3 is 17.9 Å². The summed E-state index contributed by atoms with van der Waals surface area (Å²) in [5.74, 6) is -8.21. The highest BCUT2D eigenvalue weighted by Gasteiger charge is 2.36. The summed E-state index contributed by atoms with van der Waals surface area (Å²) in [4.78, 5) is 43.5. The molecule has 0 aliphatic carbocycles. The van der Waals surface area contributed by atoms with Crippen LogP contribution in [0.5, 0.6) is 0 Å². The van der Waals surface area contributed by atoms with Gasteiger partial charge in [0.25, 0.3) is 0 Å². The molecule has 0 aliphatic heterocycles. The number of ether oxygens (including phenoxy) is 1. The van der Waals surface area contributed by atoms with Crippen LogP contribution in [0.2, 0.25) is 0 Å². The number of rotatable bonds is 10. The average molecular weight is 310 g/mol. The minimum absolute atomic E-state index is 0.0731. The van der Waals surface area contributed by atoms with E-state index in [2.05, 4.69) is 4.74 Å². The van der Waals surface area contributed by atoms with Crippen LogP contribution in [0.3, 0.4) is 0 Å². The molecule has 9 nitrogen and oxygen atoms in total. The molecule has 0 aromatic carbocycles. The molecule has 0 aromatic heterocycles. The topological polar surface area (TPSA) is 158 Å². The number of carboxylic acids is 3. The van der Waals surface area contributed by atoms with Gasteiger partial charge in [-0.25, -0.2) is 4.79 Å². The van der Waals surface area contributed by atoms with E-state index in [-0.39, 0.29) is 5.75 Å². The molecule has 20 heavy (non-hydrogen) atoms. The van der Waals surface area contributed by atoms with E-state index in [1.807, 2.05) is 0 Å². The second-order valence-corrected chi connectivity index (χ2v) is 4.57. The van der Waals surface area contributed by atoms with Crippen molar-refractivity contribution in [1.82, 2.24) is 0 Å². The van der Waals surface area contributed by atoms with Gasteiger partial charge < -0.3 is 25.2 Å². The van der Waals surface area contributed by atoms with Crippen LogP contribution in [0.25, 0.3) is 0 Å². The summed E-state index contributed by atoms with van der Waals surface area (Å²) < 4.78 is 4.56. The summed E-state index contributed by atoms with van der Waals surface area (Å²) in [5.41, 5.74) is 0. The molecule has 0 amide bonds. The molecule has 4 N–H and O–H groups in total. The summed E-state index contributed by atoms with van der Waals surface area (Å²) >= 11 is 1.08. The molecule has 3 unspecified atom stereocenters. The Morgan fingerprint density at radius 3 is 2.00 bits per heavy atom. The van der Waals surface area contributed by atoms with Crippen LogP contribution in [0.4, 0.5) is 0 Å². The summed E-state index contributed by atoms with van der Waals surface area (Å²) in [6, 6.07) is 0. The van der Waals surface area contributed by atoms with E-state index in [0.717, 1.165) is 11.8 Å². The van der Waals surface area contributed by atoms with Gasteiger partial charge in [-0.2, -0.15) is 11.8 Å². The van der Waals surface area contributed by atoms with Crippen molar-refractivity contribution >= 4 is 35.5 Å². The van der Waals surface area contributed by atoms with Crippen molar-refractivity contribution in [2.75, 3.05) is 12.0 Å². The van der Waals surface area contributed by atoms with Crippen LogP contribution in [0, 0.1) is 5.92 Å². The van der Waals surface area contributed by atoms with E-state index in [9.17, 15) is 24.3 Å². The highest BCUT2D eigenvalue weighted by atomic mass is 32.2. The molecular formula is C10H14O9S. The molecule has 0 aliphatic rings. The zero-order valence-electron chi connectivity index (χ0n) is 10.4. The van der Waals surface area contributed by atoms with Gasteiger partial charge in [0.05, 0.1) is 6.42 Å². The maximum absolute atomic E-state index is 11.6. The lowest BCUT2D eigenvalue weighted by Gasteiger charge is -2.19. The molecule has 0 fully saturated rings. The number of Topliss-reactive ketones (excluding diaryl/α,β-unsaturated/α-hetero) is 1. The van der Waals surface area contributed by atoms with E-state index >= 15 is 0 Å². The van der Waals surface area contributed by atoms with Gasteiger partial charge in [-0.15, -0.1) is 0 Å². The molecule has 0 heterocycles. The van der Waals surface area contributed by atoms with Crippen molar-refractivity contribution in [3.63, 3.8) is 0 Å². The Balaban J connectivity index is 4.83. The Labute approximate surface area is 117 Å². The number of thioether (sulfide) groups is 1. The first-order chi connectivity index (χ1) is 9.20. The average Bonchev–Trinajstić information content (AvgIpc) is 2.33. The third-order valence-electron chi connectivity index (χ3n) is 2.15. The molecule has 10 heteroatoms. The van der Waals surface area contributed by atoms with Crippen molar-refractivity contribution < 1.29 is 44.3 Å². The van der Waals surface area contributed by atoms with Crippen molar-refractivity contribution in [2.24, 2.45) is 5.92 Å². The number of carbonyl (C=O) groups excluding carboxylic acids is 1. The van der Waals surface area contributed by atoms with Crippen LogP contribution in [-0.4, -0.2) is 68.5 Å². The number of ketones is 1. The summed E-state index contributed by atoms with van der Waals surface area (Å²) in [6.07, 6.45) is -3.29. The third-order valence-corrected chi connectivity index (χ3v) is 2.79. The molecular weight excluding hydrogens is 296 g/mol. The number of hydrogen-bond acceptors (Lipinski definition) is 7. The highest BCUT2D eigenvalue weighted by Crippen LogP contribution is 2.12. The fourth-order valence-corrected chi connectivity index (χ4v) is 1.72. The maximum Gasteiger partial charge on any atom is 0.333 e. The number of aliphatic carboxylic acids is 3. The zero-order valence-corrected chi connectivity index (χ0v) is 11.2. The van der Waals surface area contributed by atoms with E-state index in [4.69, 9.17) is 15.3 Å². The van der Waals surface area contributed by atoms with Crippen molar-refractivity contribution in [2.45, 2.75) is 18.8 Å². The molecule has 3 atom stereocenters. The number of carboxylic acid groups (broad SMARTS) is 3. The number of aliphatic hydroxyl groups excluding tert-OH is 1. The van der Waals surface area contributed by atoms with Crippen LogP contribution in [-0.2, 0) is 23.9 Å². The standard InChI is InChI=1S/C10H14O9S/c1-20-3-5(9(16)17)19-10(18)7(13)4(8(14)15)2-6(11)12/h4-5,10,18H,2-3H2,1H3,(H,11,12)(H,14,15)(H,16,17). The normalized spacial score (nSPS) is 15.1. The molecule has 0 aromatic rings. The lowest BCUT2D eigenvalue weighted by molar-refractivity contribution is -0.183. The second-order valence-electron chi connectivity index (χ2n) is 3.66. The molecule has 0 bridgehead atoms. The van der Waals surface area contributed by atoms with Gasteiger partial charge in [0.15, 0.2) is 6.10 Å². The number of carbonyl (C=O) groups is 4. The largest absolute Gasteiger partial charge is 0.481 e. The zero-order chi connectivity index (χ0) is 15.9. The first-order valence-electron chi connectivity index (χ1n) is 5.24. The number of aliphatic hydroxyl groups is 1. The number of hydrogen-bond donors (Lipinski definition) is 4. The fraction of sp³-hybridized carbons (Fsp3) is 0.600. The molecule has 0 radical (unpaired) electrons. The fourth-order valence-electron chi connectivity index (χ4n) is 1.20. The Kier molecular flexibility index (Phi) is 7.80. The predicted molar refractivity (Wildman–Crippen MR) is 65.3 cm³/mol. The quantitative estimate of drug-likeness (QED) is 0.287. The van der Waals surface area contributed by atoms with Crippen LogP contribution in [0.15, 0.2) is 0 Å². The summed E-state index contributed by atoms with van der Waals surface area (Å²) in [6.45, 7) is 0. The van der Waals surface area contributed by atoms with Crippen molar-refractivity contribution in [3.05, 3.63) is 0 Å². The van der Waals surface area contributed by atoms with Crippen molar-refractivity contribution in [3.8, 4) is 0 Å². The Hall–Kier alpha value is -1.65. The molecule has 0 saturated heterocycles. The molecule has 0 spiro atoms. The van der Waals surface area contributed by atoms with Crippen LogP contribution in [0.1, 0.15) is 6.42 Å². The maximum atomic E-state index is 11.6. The van der Waals surface area contributed by atoms with E-state index in [0.29, 0.717) is 0 Å². The molecule has 114 valence electrons. The Morgan fingerprint density at radius 2 is 1.65 bits per heavy atom. The molecule has 0 rings (SSSR count). The predicted octanol–water partition coefficient (Wildman–Crippen LogP) is -1.12. The third kappa shape index (κ3) is 5.99. The van der Waals surface area contributed by atoms with E-state index in [1.165, 1.54) is 0 Å².